The summed E-state index contributed by atoms with van der Waals surface area (Å²) < 4.78 is 5.56. The van der Waals surface area contributed by atoms with Gasteiger partial charge in [0.05, 0.1) is 6.54 Å². The standard InChI is InChI=1S/C20H24N2O2.ClH/c23-17(15-24-18-8-2-1-3-9-18)14-21-12-6-7-16-13-22-20-11-5-4-10-19(16)20;/h1-5,8-11,13,17,21-23H,6-7,12,14-15H2;1H. The first-order valence-corrected chi connectivity index (χ1v) is 8.55. The molecule has 0 fully saturated rings. The molecule has 0 saturated carbocycles. The van der Waals surface area contributed by atoms with Gasteiger partial charge < -0.3 is 32.6 Å². The fourth-order valence-electron chi connectivity index (χ4n) is 2.86. The second-order valence-electron chi connectivity index (χ2n) is 6.05. The van der Waals surface area contributed by atoms with E-state index in [1.807, 2.05) is 30.3 Å². The van der Waals surface area contributed by atoms with Crippen LogP contribution in [0.15, 0.2) is 60.8 Å². The molecule has 0 aliphatic carbocycles. The van der Waals surface area contributed by atoms with Gasteiger partial charge >= 0.3 is 0 Å². The molecule has 0 aliphatic heterocycles. The molecule has 0 radical (unpaired) electrons. The minimum atomic E-state index is -0.446. The molecule has 25 heavy (non-hydrogen) atoms. The smallest absolute Gasteiger partial charge is 0.137 e. The predicted molar refractivity (Wildman–Crippen MR) is 96.2 cm³/mol. The molecular weight excluding hydrogens is 336 g/mol. The number of rotatable bonds is 9. The van der Waals surface area contributed by atoms with Crippen molar-refractivity contribution in [3.8, 4) is 5.75 Å². The van der Waals surface area contributed by atoms with Gasteiger partial charge in [0, 0.05) is 23.5 Å². The van der Waals surface area contributed by atoms with Crippen LogP contribution < -0.4 is 22.5 Å². The average molecular weight is 361 g/mol. The molecular formula is C20H25ClN2O2. The summed E-state index contributed by atoms with van der Waals surface area (Å²) >= 11 is 0. The maximum absolute atomic E-state index is 9.97. The average Bonchev–Trinajstić information content (AvgIpc) is 3.04. The molecule has 134 valence electrons. The van der Waals surface area contributed by atoms with Crippen molar-refractivity contribution >= 4 is 10.9 Å². The molecule has 1 unspecified atom stereocenters. The fourth-order valence-corrected chi connectivity index (χ4v) is 2.86. The van der Waals surface area contributed by atoms with Crippen LogP contribution in [0.2, 0.25) is 0 Å². The number of quaternary nitrogens is 1. The van der Waals surface area contributed by atoms with Gasteiger partial charge in [0.2, 0.25) is 0 Å². The second-order valence-corrected chi connectivity index (χ2v) is 6.05. The third-order valence-corrected chi connectivity index (χ3v) is 4.15. The molecule has 4 N–H and O–H groups in total. The number of nitrogens with two attached hydrogens (primary N) is 1. The highest BCUT2D eigenvalue weighted by Crippen LogP contribution is 2.18. The van der Waals surface area contributed by atoms with Gasteiger partial charge in [-0.2, -0.15) is 0 Å². The zero-order chi connectivity index (χ0) is 16.6. The molecule has 4 nitrogen and oxygen atoms in total. The molecule has 2 aromatic carbocycles. The number of benzene rings is 2. The quantitative estimate of drug-likeness (QED) is 0.433. The largest absolute Gasteiger partial charge is 1.00 e. The number of fused-ring (bicyclic) bond motifs is 1. The maximum Gasteiger partial charge on any atom is 0.137 e. The van der Waals surface area contributed by atoms with Crippen LogP contribution in [0.25, 0.3) is 10.9 Å². The number of halogens is 1. The first kappa shape index (κ1) is 19.3. The van der Waals surface area contributed by atoms with Crippen molar-refractivity contribution in [1.82, 2.24) is 4.98 Å². The van der Waals surface area contributed by atoms with Crippen molar-refractivity contribution in [2.45, 2.75) is 18.9 Å². The molecule has 3 rings (SSSR count). The van der Waals surface area contributed by atoms with Crippen LogP contribution in [-0.2, 0) is 6.42 Å². The van der Waals surface area contributed by atoms with Crippen LogP contribution in [0, 0.1) is 0 Å². The Morgan fingerprint density at radius 1 is 1.04 bits per heavy atom. The third kappa shape index (κ3) is 5.78. The molecule has 0 aliphatic rings. The van der Waals surface area contributed by atoms with Crippen LogP contribution in [-0.4, -0.2) is 35.9 Å². The third-order valence-electron chi connectivity index (χ3n) is 4.15. The zero-order valence-electron chi connectivity index (χ0n) is 14.2. The predicted octanol–water partition coefficient (Wildman–Crippen LogP) is -0.892. The Morgan fingerprint density at radius 2 is 1.80 bits per heavy atom. The highest BCUT2D eigenvalue weighted by molar-refractivity contribution is 5.82. The van der Waals surface area contributed by atoms with E-state index in [-0.39, 0.29) is 12.4 Å². The lowest BCUT2D eigenvalue weighted by Crippen LogP contribution is -3.00. The van der Waals surface area contributed by atoms with Gasteiger partial charge in [-0.15, -0.1) is 0 Å². The van der Waals surface area contributed by atoms with E-state index in [9.17, 15) is 5.11 Å². The lowest BCUT2D eigenvalue weighted by atomic mass is 10.1. The molecule has 0 bridgehead atoms. The number of hydrogen-bond acceptors (Lipinski definition) is 2. The van der Waals surface area contributed by atoms with Gasteiger partial charge in [0.25, 0.3) is 0 Å². The first-order valence-electron chi connectivity index (χ1n) is 8.55. The fraction of sp³-hybridized carbons (Fsp3) is 0.300. The van der Waals surface area contributed by atoms with E-state index in [1.54, 1.807) is 0 Å². The SMILES string of the molecule is OC(C[NH2+]CCCc1c[nH]c2ccccc12)COc1ccccc1.[Cl-]. The number of aromatic amines is 1. The van der Waals surface area contributed by atoms with E-state index in [0.717, 1.165) is 25.1 Å². The summed E-state index contributed by atoms with van der Waals surface area (Å²) in [6.07, 6.45) is 3.80. The molecule has 1 atom stereocenters. The van der Waals surface area contributed by atoms with Crippen LogP contribution in [0.1, 0.15) is 12.0 Å². The summed E-state index contributed by atoms with van der Waals surface area (Å²) in [5, 5.41) is 13.4. The number of aliphatic hydroxyl groups is 1. The Balaban J connectivity index is 0.00000225. The molecule has 0 amide bonds. The number of para-hydroxylation sites is 2. The van der Waals surface area contributed by atoms with Gasteiger partial charge in [0.1, 0.15) is 25.0 Å². The monoisotopic (exact) mass is 360 g/mol. The van der Waals surface area contributed by atoms with Gasteiger partial charge in [0.15, 0.2) is 0 Å². The van der Waals surface area contributed by atoms with Gasteiger partial charge in [-0.25, -0.2) is 0 Å². The van der Waals surface area contributed by atoms with E-state index in [0.29, 0.717) is 13.2 Å². The van der Waals surface area contributed by atoms with Gasteiger partial charge in [-0.1, -0.05) is 36.4 Å². The van der Waals surface area contributed by atoms with Crippen molar-refractivity contribution in [3.05, 3.63) is 66.4 Å². The number of nitrogens with one attached hydrogen (secondary N) is 1. The number of H-pyrrole nitrogens is 1. The number of aryl methyl sites for hydroxylation is 1. The maximum atomic E-state index is 9.97. The first-order chi connectivity index (χ1) is 11.8. The van der Waals surface area contributed by atoms with Gasteiger partial charge in [-0.05, 0) is 30.2 Å². The highest BCUT2D eigenvalue weighted by Gasteiger charge is 2.08. The van der Waals surface area contributed by atoms with Crippen LogP contribution in [0.4, 0.5) is 0 Å². The van der Waals surface area contributed by atoms with E-state index >= 15 is 0 Å². The van der Waals surface area contributed by atoms with Crippen LogP contribution in [0.5, 0.6) is 5.75 Å². The topological polar surface area (TPSA) is 61.9 Å². The summed E-state index contributed by atoms with van der Waals surface area (Å²) in [5.41, 5.74) is 2.57. The molecule has 0 saturated heterocycles. The van der Waals surface area contributed by atoms with Crippen molar-refractivity contribution in [3.63, 3.8) is 0 Å². The number of aromatic nitrogens is 1. The highest BCUT2D eigenvalue weighted by atomic mass is 35.5. The summed E-state index contributed by atoms with van der Waals surface area (Å²) in [7, 11) is 0. The second kappa shape index (κ2) is 10.1. The Kier molecular flexibility index (Phi) is 7.79. The van der Waals surface area contributed by atoms with Crippen LogP contribution >= 0.6 is 0 Å². The zero-order valence-corrected chi connectivity index (χ0v) is 15.0. The summed E-state index contributed by atoms with van der Waals surface area (Å²) in [5.74, 6) is 0.802. The minimum Gasteiger partial charge on any atom is -1.00 e. The summed E-state index contributed by atoms with van der Waals surface area (Å²) in [4.78, 5) is 3.31. The Hall–Kier alpha value is -2.01. The van der Waals surface area contributed by atoms with E-state index in [2.05, 4.69) is 40.8 Å². The minimum absolute atomic E-state index is 0. The summed E-state index contributed by atoms with van der Waals surface area (Å²) in [6, 6.07) is 18.0. The Morgan fingerprint density at radius 3 is 2.64 bits per heavy atom. The lowest BCUT2D eigenvalue weighted by molar-refractivity contribution is -0.661. The van der Waals surface area contributed by atoms with Crippen molar-refractivity contribution in [2.75, 3.05) is 19.7 Å². The number of ether oxygens (including phenoxy) is 1. The normalized spacial score (nSPS) is 11.9. The Labute approximate surface area is 154 Å². The van der Waals surface area contributed by atoms with Crippen LogP contribution in [0.3, 0.4) is 0 Å². The van der Waals surface area contributed by atoms with Crippen molar-refractivity contribution in [1.29, 1.82) is 0 Å². The van der Waals surface area contributed by atoms with E-state index in [1.165, 1.54) is 16.5 Å². The van der Waals surface area contributed by atoms with Crippen molar-refractivity contribution < 1.29 is 27.6 Å². The van der Waals surface area contributed by atoms with E-state index < -0.39 is 6.10 Å². The molecule has 3 aromatic rings. The van der Waals surface area contributed by atoms with Crippen molar-refractivity contribution in [2.24, 2.45) is 0 Å². The molecule has 1 aromatic heterocycles. The Bertz CT molecular complexity index is 746. The molecule has 5 heteroatoms. The number of aliphatic hydroxyl groups excluding tert-OH is 1. The number of hydrogen-bond donors (Lipinski definition) is 3. The summed E-state index contributed by atoms with van der Waals surface area (Å²) in [6.45, 7) is 2.01. The molecule has 1 heterocycles. The van der Waals surface area contributed by atoms with Gasteiger partial charge in [-0.3, -0.25) is 0 Å². The van der Waals surface area contributed by atoms with E-state index in [4.69, 9.17) is 4.74 Å². The molecule has 0 spiro atoms. The lowest BCUT2D eigenvalue weighted by Gasteiger charge is -2.11.